The summed E-state index contributed by atoms with van der Waals surface area (Å²) in [6.07, 6.45) is 0. The summed E-state index contributed by atoms with van der Waals surface area (Å²) < 4.78 is 0. The Morgan fingerprint density at radius 2 is 2.05 bits per heavy atom. The van der Waals surface area contributed by atoms with Crippen molar-refractivity contribution in [1.29, 1.82) is 5.26 Å². The van der Waals surface area contributed by atoms with E-state index in [0.717, 1.165) is 21.6 Å². The van der Waals surface area contributed by atoms with E-state index in [9.17, 15) is 0 Å². The smallest absolute Gasteiger partial charge is 0.225 e. The Labute approximate surface area is 131 Å². The summed E-state index contributed by atoms with van der Waals surface area (Å²) in [5.41, 5.74) is 1.73. The van der Waals surface area contributed by atoms with Crippen LogP contribution in [0.4, 0.5) is 5.82 Å². The van der Waals surface area contributed by atoms with Gasteiger partial charge in [0.1, 0.15) is 10.6 Å². The number of aromatic nitrogens is 2. The van der Waals surface area contributed by atoms with E-state index in [4.69, 9.17) is 16.9 Å². The SMILES string of the molecule is Cc1cc2c(NCc3ccc(C#N)cc3)nc(Cl)nc2s1. The number of halogens is 1. The molecule has 0 unspecified atom stereocenters. The van der Waals surface area contributed by atoms with Gasteiger partial charge in [0.2, 0.25) is 5.28 Å². The minimum absolute atomic E-state index is 0.242. The fraction of sp³-hybridized carbons (Fsp3) is 0.133. The van der Waals surface area contributed by atoms with Gasteiger partial charge in [0.15, 0.2) is 0 Å². The van der Waals surface area contributed by atoms with Crippen molar-refractivity contribution in [3.05, 3.63) is 51.6 Å². The molecule has 21 heavy (non-hydrogen) atoms. The summed E-state index contributed by atoms with van der Waals surface area (Å²) in [6, 6.07) is 11.6. The highest BCUT2D eigenvalue weighted by atomic mass is 35.5. The van der Waals surface area contributed by atoms with Crippen molar-refractivity contribution in [3.8, 4) is 6.07 Å². The summed E-state index contributed by atoms with van der Waals surface area (Å²) in [5, 5.41) is 13.3. The molecule has 0 amide bonds. The molecule has 0 bridgehead atoms. The number of aryl methyl sites for hydroxylation is 1. The molecule has 0 radical (unpaired) electrons. The first-order chi connectivity index (χ1) is 10.2. The largest absolute Gasteiger partial charge is 0.365 e. The fourth-order valence-corrected chi connectivity index (χ4v) is 3.13. The predicted molar refractivity (Wildman–Crippen MR) is 85.6 cm³/mol. The van der Waals surface area contributed by atoms with Gasteiger partial charge in [-0.1, -0.05) is 12.1 Å². The Balaban J connectivity index is 1.85. The van der Waals surface area contributed by atoms with Crippen LogP contribution >= 0.6 is 22.9 Å². The number of anilines is 1. The summed E-state index contributed by atoms with van der Waals surface area (Å²) >= 11 is 7.56. The van der Waals surface area contributed by atoms with Crippen LogP contribution in [-0.2, 0) is 6.54 Å². The number of rotatable bonds is 3. The third-order valence-corrected chi connectivity index (χ3v) is 4.15. The van der Waals surface area contributed by atoms with E-state index in [2.05, 4.69) is 27.4 Å². The van der Waals surface area contributed by atoms with Crippen molar-refractivity contribution in [2.24, 2.45) is 0 Å². The van der Waals surface area contributed by atoms with Gasteiger partial charge in [0.05, 0.1) is 17.0 Å². The van der Waals surface area contributed by atoms with Crippen molar-refractivity contribution in [1.82, 2.24) is 9.97 Å². The second-order valence-corrected chi connectivity index (χ2v) is 6.15. The molecule has 0 saturated carbocycles. The maximum Gasteiger partial charge on any atom is 0.225 e. The van der Waals surface area contributed by atoms with Crippen LogP contribution in [0.15, 0.2) is 30.3 Å². The molecule has 3 rings (SSSR count). The molecule has 104 valence electrons. The summed E-state index contributed by atoms with van der Waals surface area (Å²) in [5.74, 6) is 0.735. The summed E-state index contributed by atoms with van der Waals surface area (Å²) in [4.78, 5) is 10.5. The molecule has 1 aromatic carbocycles. The zero-order chi connectivity index (χ0) is 14.8. The van der Waals surface area contributed by atoms with Gasteiger partial charge in [-0.3, -0.25) is 0 Å². The minimum atomic E-state index is 0.242. The molecule has 4 nitrogen and oxygen atoms in total. The molecule has 2 aromatic heterocycles. The van der Waals surface area contributed by atoms with Crippen molar-refractivity contribution in [2.45, 2.75) is 13.5 Å². The molecule has 0 aliphatic carbocycles. The lowest BCUT2D eigenvalue weighted by molar-refractivity contribution is 1.10. The monoisotopic (exact) mass is 314 g/mol. The number of nitrogens with zero attached hydrogens (tertiary/aromatic N) is 3. The highest BCUT2D eigenvalue weighted by Crippen LogP contribution is 2.29. The average molecular weight is 315 g/mol. The van der Waals surface area contributed by atoms with Crippen LogP contribution in [0.3, 0.4) is 0 Å². The van der Waals surface area contributed by atoms with Crippen LogP contribution in [0, 0.1) is 18.3 Å². The lowest BCUT2D eigenvalue weighted by Crippen LogP contribution is -2.02. The summed E-state index contributed by atoms with van der Waals surface area (Å²) in [6.45, 7) is 2.65. The van der Waals surface area contributed by atoms with Crippen LogP contribution < -0.4 is 5.32 Å². The van der Waals surface area contributed by atoms with Gasteiger partial charge in [0, 0.05) is 11.4 Å². The first-order valence-corrected chi connectivity index (χ1v) is 7.52. The molecule has 0 fully saturated rings. The van der Waals surface area contributed by atoms with Crippen molar-refractivity contribution < 1.29 is 0 Å². The van der Waals surface area contributed by atoms with Gasteiger partial charge in [-0.15, -0.1) is 11.3 Å². The highest BCUT2D eigenvalue weighted by Gasteiger charge is 2.09. The first-order valence-electron chi connectivity index (χ1n) is 6.32. The van der Waals surface area contributed by atoms with Crippen molar-refractivity contribution in [3.63, 3.8) is 0 Å². The lowest BCUT2D eigenvalue weighted by atomic mass is 10.1. The molecule has 1 N–H and O–H groups in total. The Hall–Kier alpha value is -2.16. The van der Waals surface area contributed by atoms with E-state index in [1.54, 1.807) is 23.5 Å². The number of hydrogen-bond acceptors (Lipinski definition) is 5. The maximum absolute atomic E-state index is 8.79. The van der Waals surface area contributed by atoms with E-state index < -0.39 is 0 Å². The van der Waals surface area contributed by atoms with E-state index in [1.165, 1.54) is 4.88 Å². The lowest BCUT2D eigenvalue weighted by Gasteiger charge is -2.07. The number of nitrogens with one attached hydrogen (secondary N) is 1. The van der Waals surface area contributed by atoms with Gasteiger partial charge in [0.25, 0.3) is 0 Å². The minimum Gasteiger partial charge on any atom is -0.365 e. The van der Waals surface area contributed by atoms with Crippen LogP contribution in [0.25, 0.3) is 10.2 Å². The van der Waals surface area contributed by atoms with Crippen LogP contribution in [0.2, 0.25) is 5.28 Å². The topological polar surface area (TPSA) is 61.6 Å². The molecule has 0 aliphatic rings. The van der Waals surface area contributed by atoms with Gasteiger partial charge >= 0.3 is 0 Å². The Morgan fingerprint density at radius 3 is 2.76 bits per heavy atom. The molecule has 0 atom stereocenters. The maximum atomic E-state index is 8.79. The van der Waals surface area contributed by atoms with Crippen LogP contribution in [0.5, 0.6) is 0 Å². The molecule has 0 aliphatic heterocycles. The predicted octanol–water partition coefficient (Wildman–Crippen LogP) is 4.14. The van der Waals surface area contributed by atoms with Crippen molar-refractivity contribution >= 4 is 39.0 Å². The Bertz CT molecular complexity index is 833. The second-order valence-electron chi connectivity index (χ2n) is 4.58. The third-order valence-electron chi connectivity index (χ3n) is 3.03. The third kappa shape index (κ3) is 2.97. The quantitative estimate of drug-likeness (QED) is 0.738. The molecule has 2 heterocycles. The average Bonchev–Trinajstić information content (AvgIpc) is 2.85. The van der Waals surface area contributed by atoms with E-state index in [0.29, 0.717) is 12.1 Å². The molecular weight excluding hydrogens is 304 g/mol. The number of hydrogen-bond donors (Lipinski definition) is 1. The Kier molecular flexibility index (Phi) is 3.74. The zero-order valence-electron chi connectivity index (χ0n) is 11.2. The van der Waals surface area contributed by atoms with E-state index in [-0.39, 0.29) is 5.28 Å². The number of thiophene rings is 1. The van der Waals surface area contributed by atoms with Crippen molar-refractivity contribution in [2.75, 3.05) is 5.32 Å². The Morgan fingerprint density at radius 1 is 1.29 bits per heavy atom. The van der Waals surface area contributed by atoms with Gasteiger partial charge in [-0.25, -0.2) is 9.97 Å². The number of fused-ring (bicyclic) bond motifs is 1. The molecule has 0 saturated heterocycles. The van der Waals surface area contributed by atoms with Crippen LogP contribution in [0.1, 0.15) is 16.0 Å². The normalized spacial score (nSPS) is 10.5. The summed E-state index contributed by atoms with van der Waals surface area (Å²) in [7, 11) is 0. The molecule has 3 aromatic rings. The molecule has 6 heteroatoms. The van der Waals surface area contributed by atoms with Gasteiger partial charge < -0.3 is 5.32 Å². The van der Waals surface area contributed by atoms with Crippen LogP contribution in [-0.4, -0.2) is 9.97 Å². The van der Waals surface area contributed by atoms with E-state index >= 15 is 0 Å². The zero-order valence-corrected chi connectivity index (χ0v) is 12.8. The first kappa shape index (κ1) is 13.8. The standard InChI is InChI=1S/C15H11ClN4S/c1-9-6-12-13(19-15(16)20-14(12)21-9)18-8-11-4-2-10(7-17)3-5-11/h2-6H,8H2,1H3,(H,18,19,20). The molecule has 0 spiro atoms. The van der Waals surface area contributed by atoms with Gasteiger partial charge in [-0.05, 0) is 42.3 Å². The van der Waals surface area contributed by atoms with E-state index in [1.807, 2.05) is 19.1 Å². The second kappa shape index (κ2) is 5.68. The molecular formula is C15H11ClN4S. The fourth-order valence-electron chi connectivity index (χ4n) is 2.03. The number of benzene rings is 1. The van der Waals surface area contributed by atoms with Gasteiger partial charge in [-0.2, -0.15) is 5.26 Å². The highest BCUT2D eigenvalue weighted by molar-refractivity contribution is 7.18. The number of nitriles is 1.